The molecule has 5 rings (SSSR count). The molecule has 3 aromatic rings. The maximum atomic E-state index is 14.8. The van der Waals surface area contributed by atoms with E-state index >= 15 is 0 Å². The van der Waals surface area contributed by atoms with Gasteiger partial charge in [0.25, 0.3) is 11.8 Å². The first-order valence-electron chi connectivity index (χ1n) is 15.2. The molecule has 47 heavy (non-hydrogen) atoms. The number of thiophene rings is 1. The molecule has 2 aliphatic rings. The van der Waals surface area contributed by atoms with Crippen LogP contribution in [-0.4, -0.2) is 100.0 Å². The molecule has 2 aromatic carbocycles. The molecular formula is C33H37F6N5O2S. The highest BCUT2D eigenvalue weighted by molar-refractivity contribution is 7.20. The summed E-state index contributed by atoms with van der Waals surface area (Å²) < 4.78 is 90.5. The average molecular weight is 682 g/mol. The molecule has 254 valence electrons. The topological polar surface area (TPSA) is 68.9 Å². The van der Waals surface area contributed by atoms with Crippen molar-refractivity contribution in [1.82, 2.24) is 15.1 Å². The number of hydrogen-bond donors (Lipinski definition) is 3. The zero-order valence-corrected chi connectivity index (χ0v) is 27.1. The number of rotatable bonds is 8. The Kier molecular flexibility index (Phi) is 10.5. The lowest BCUT2D eigenvalue weighted by Crippen LogP contribution is -2.57. The number of halogens is 6. The molecule has 2 fully saturated rings. The Morgan fingerprint density at radius 1 is 1.11 bits per heavy atom. The fraction of sp³-hybridized carbons (Fsp3) is 0.485. The van der Waals surface area contributed by atoms with Crippen LogP contribution in [0.5, 0.6) is 5.75 Å². The number of alkyl halides is 6. The second-order valence-corrected chi connectivity index (χ2v) is 13.1. The Morgan fingerprint density at radius 2 is 1.87 bits per heavy atom. The number of hydrogen-bond acceptors (Lipinski definition) is 7. The van der Waals surface area contributed by atoms with E-state index < -0.39 is 49.2 Å². The van der Waals surface area contributed by atoms with E-state index in [1.165, 1.54) is 24.1 Å². The third kappa shape index (κ3) is 8.44. The SMILES string of the molecule is COc1cc(C(=O)NC2CCN(C)CC2(F)F)ccc1NCC#Cc1sc2c(NC3CCN(C)CC3F)cccc2c1CC(F)(F)F. The molecule has 3 heterocycles. The van der Waals surface area contributed by atoms with Crippen molar-refractivity contribution in [2.45, 2.75) is 49.6 Å². The van der Waals surface area contributed by atoms with Crippen LogP contribution in [0.4, 0.5) is 37.7 Å². The highest BCUT2D eigenvalue weighted by atomic mass is 32.1. The van der Waals surface area contributed by atoms with E-state index in [-0.39, 0.29) is 41.3 Å². The molecule has 1 amide bonds. The molecule has 0 aliphatic carbocycles. The molecular weight excluding hydrogens is 644 g/mol. The molecule has 2 aliphatic heterocycles. The van der Waals surface area contributed by atoms with Gasteiger partial charge in [-0.25, -0.2) is 13.2 Å². The second kappa shape index (κ2) is 14.2. The van der Waals surface area contributed by atoms with Crippen LogP contribution in [0.25, 0.3) is 10.1 Å². The number of piperidine rings is 2. The Bertz CT molecular complexity index is 1650. The normalized spacial score (nSPS) is 21.9. The Labute approximate surface area is 273 Å². The van der Waals surface area contributed by atoms with E-state index in [4.69, 9.17) is 4.74 Å². The van der Waals surface area contributed by atoms with Crippen molar-refractivity contribution in [2.24, 2.45) is 0 Å². The molecule has 1 aromatic heterocycles. The number of ether oxygens (including phenoxy) is 1. The summed E-state index contributed by atoms with van der Waals surface area (Å²) in [6.07, 6.45) is -6.06. The molecule has 3 N–H and O–H groups in total. The number of likely N-dealkylation sites (tertiary alicyclic amines) is 2. The summed E-state index contributed by atoms with van der Waals surface area (Å²) in [5.41, 5.74) is 1.24. The van der Waals surface area contributed by atoms with Crippen LogP contribution < -0.4 is 20.7 Å². The quantitative estimate of drug-likeness (QED) is 0.200. The van der Waals surface area contributed by atoms with E-state index in [1.807, 2.05) is 11.9 Å². The van der Waals surface area contributed by atoms with Gasteiger partial charge in [-0.05, 0) is 62.2 Å². The van der Waals surface area contributed by atoms with E-state index in [0.29, 0.717) is 41.0 Å². The number of methoxy groups -OCH3 is 1. The largest absolute Gasteiger partial charge is 0.495 e. The van der Waals surface area contributed by atoms with Gasteiger partial charge in [0, 0.05) is 25.2 Å². The third-order valence-electron chi connectivity index (χ3n) is 8.41. The molecule has 7 nitrogen and oxygen atoms in total. The predicted octanol–water partition coefficient (Wildman–Crippen LogP) is 6.00. The van der Waals surface area contributed by atoms with Crippen molar-refractivity contribution in [3.8, 4) is 17.6 Å². The zero-order valence-electron chi connectivity index (χ0n) is 26.2. The lowest BCUT2D eigenvalue weighted by atomic mass is 10.0. The van der Waals surface area contributed by atoms with Gasteiger partial charge < -0.3 is 30.5 Å². The average Bonchev–Trinajstić information content (AvgIpc) is 3.34. The summed E-state index contributed by atoms with van der Waals surface area (Å²) in [5.74, 6) is 2.31. The highest BCUT2D eigenvalue weighted by Gasteiger charge is 2.44. The second-order valence-electron chi connectivity index (χ2n) is 12.1. The minimum atomic E-state index is -4.46. The van der Waals surface area contributed by atoms with Crippen molar-refractivity contribution in [3.05, 3.63) is 52.4 Å². The Morgan fingerprint density at radius 3 is 2.57 bits per heavy atom. The molecule has 3 unspecified atom stereocenters. The van der Waals surface area contributed by atoms with Gasteiger partial charge in [-0.2, -0.15) is 13.2 Å². The van der Waals surface area contributed by atoms with Crippen LogP contribution in [0.3, 0.4) is 0 Å². The number of benzene rings is 2. The molecule has 0 radical (unpaired) electrons. The van der Waals surface area contributed by atoms with Crippen molar-refractivity contribution >= 4 is 38.7 Å². The number of nitrogens with one attached hydrogen (secondary N) is 3. The number of carbonyl (C=O) groups excluding carboxylic acids is 1. The van der Waals surface area contributed by atoms with Crippen LogP contribution in [0, 0.1) is 11.8 Å². The Hall–Kier alpha value is -3.67. The summed E-state index contributed by atoms with van der Waals surface area (Å²) in [7, 11) is 4.84. The zero-order chi connectivity index (χ0) is 33.9. The van der Waals surface area contributed by atoms with Crippen LogP contribution in [-0.2, 0) is 6.42 Å². The van der Waals surface area contributed by atoms with Gasteiger partial charge in [0.2, 0.25) is 0 Å². The van der Waals surface area contributed by atoms with E-state index in [9.17, 15) is 31.1 Å². The van der Waals surface area contributed by atoms with Gasteiger partial charge in [-0.3, -0.25) is 4.79 Å². The molecule has 0 bridgehead atoms. The molecule has 0 saturated carbocycles. The highest BCUT2D eigenvalue weighted by Crippen LogP contribution is 2.39. The molecule has 2 saturated heterocycles. The summed E-state index contributed by atoms with van der Waals surface area (Å²) in [6, 6.07) is 7.73. The number of amides is 1. The standard InChI is InChI=1S/C33H37F6N5O2S/c1-43-14-11-24(23(34)18-43)41-26-7-4-6-21-22(17-33(37,38)39)28(47-30(21)26)8-5-13-40-25-10-9-20(16-27(25)46-3)31(45)42-29-12-15-44(2)19-32(29,35)36/h4,6-7,9-10,16,23-24,29,40-41H,11-15,17-19H2,1-3H3,(H,42,45). The fourth-order valence-electron chi connectivity index (χ4n) is 5.95. The Balaban J connectivity index is 1.31. The van der Waals surface area contributed by atoms with Crippen molar-refractivity contribution in [3.63, 3.8) is 0 Å². The van der Waals surface area contributed by atoms with Crippen LogP contribution >= 0.6 is 11.3 Å². The van der Waals surface area contributed by atoms with Gasteiger partial charge in [-0.1, -0.05) is 24.0 Å². The molecule has 0 spiro atoms. The van der Waals surface area contributed by atoms with Gasteiger partial charge >= 0.3 is 6.18 Å². The summed E-state index contributed by atoms with van der Waals surface area (Å²) >= 11 is 1.13. The number of fused-ring (bicyclic) bond motifs is 1. The maximum Gasteiger partial charge on any atom is 0.393 e. The number of anilines is 2. The first-order chi connectivity index (χ1) is 22.2. The van der Waals surface area contributed by atoms with E-state index in [2.05, 4.69) is 27.8 Å². The smallest absolute Gasteiger partial charge is 0.393 e. The summed E-state index contributed by atoms with van der Waals surface area (Å²) in [4.78, 5) is 16.5. The number of nitrogens with zero attached hydrogens (tertiary/aromatic N) is 2. The van der Waals surface area contributed by atoms with Gasteiger partial charge in [0.1, 0.15) is 11.9 Å². The minimum Gasteiger partial charge on any atom is -0.495 e. The summed E-state index contributed by atoms with van der Waals surface area (Å²) in [5, 5.41) is 9.12. The van der Waals surface area contributed by atoms with Crippen LogP contribution in [0.15, 0.2) is 36.4 Å². The maximum absolute atomic E-state index is 14.8. The lowest BCUT2D eigenvalue weighted by Gasteiger charge is -2.36. The van der Waals surface area contributed by atoms with Crippen molar-refractivity contribution in [1.29, 1.82) is 0 Å². The molecule has 14 heteroatoms. The monoisotopic (exact) mass is 681 g/mol. The predicted molar refractivity (Wildman–Crippen MR) is 173 cm³/mol. The van der Waals surface area contributed by atoms with Crippen molar-refractivity contribution in [2.75, 3.05) is 64.6 Å². The number of carbonyl (C=O) groups is 1. The van der Waals surface area contributed by atoms with Crippen LogP contribution in [0.1, 0.15) is 33.6 Å². The van der Waals surface area contributed by atoms with Crippen molar-refractivity contribution < 1.29 is 35.9 Å². The fourth-order valence-corrected chi connectivity index (χ4v) is 7.12. The third-order valence-corrected chi connectivity index (χ3v) is 9.61. The summed E-state index contributed by atoms with van der Waals surface area (Å²) in [6.45, 7) is 1.01. The first-order valence-corrected chi connectivity index (χ1v) is 16.0. The first kappa shape index (κ1) is 34.7. The van der Waals surface area contributed by atoms with Gasteiger partial charge in [0.15, 0.2) is 0 Å². The van der Waals surface area contributed by atoms with Crippen LogP contribution in [0.2, 0.25) is 0 Å². The molecule has 3 atom stereocenters. The lowest BCUT2D eigenvalue weighted by molar-refractivity contribution is -0.127. The van der Waals surface area contributed by atoms with E-state index in [0.717, 1.165) is 11.3 Å². The minimum absolute atomic E-state index is 0.0354. The van der Waals surface area contributed by atoms with Gasteiger partial charge in [-0.15, -0.1) is 11.3 Å². The van der Waals surface area contributed by atoms with Gasteiger partial charge in [0.05, 0.1) is 59.7 Å². The van der Waals surface area contributed by atoms with E-state index in [1.54, 1.807) is 31.3 Å².